The first-order chi connectivity index (χ1) is 20.4. The van der Waals surface area contributed by atoms with Crippen LogP contribution in [0.3, 0.4) is 0 Å². The van der Waals surface area contributed by atoms with E-state index in [1.807, 2.05) is 24.3 Å². The highest BCUT2D eigenvalue weighted by atomic mass is 32.2. The summed E-state index contributed by atoms with van der Waals surface area (Å²) in [6.07, 6.45) is 15.7. The number of rotatable bonds is 16. The Balaban J connectivity index is 1.41. The maximum atomic E-state index is 13.4. The third-order valence-corrected chi connectivity index (χ3v) is 9.71. The van der Waals surface area contributed by atoms with E-state index in [-0.39, 0.29) is 27.5 Å². The molecule has 0 amide bonds. The molecule has 0 unspecified atom stereocenters. The van der Waals surface area contributed by atoms with Crippen LogP contribution < -0.4 is 0 Å². The minimum atomic E-state index is -0.482. The van der Waals surface area contributed by atoms with Crippen LogP contribution in [0.15, 0.2) is 80.3 Å². The number of carbonyl (C=O) groups excluding carboxylic acids is 2. The monoisotopic (exact) mass is 602 g/mol. The number of phenols is 2. The molecule has 4 nitrogen and oxygen atoms in total. The molecule has 3 aromatic carbocycles. The fourth-order valence-corrected chi connectivity index (χ4v) is 6.99. The van der Waals surface area contributed by atoms with Gasteiger partial charge in [0.25, 0.3) is 0 Å². The summed E-state index contributed by atoms with van der Waals surface area (Å²) in [4.78, 5) is 28.8. The number of Topliss-reactive ketones (excluding diaryl/α,β-unsaturated/α-hetero) is 1. The molecule has 222 valence electrons. The predicted octanol–water partition coefficient (Wildman–Crippen LogP) is 10.3. The Kier molecular flexibility index (Phi) is 12.2. The highest BCUT2D eigenvalue weighted by Crippen LogP contribution is 2.46. The number of ketones is 2. The Morgan fingerprint density at radius 3 is 1.64 bits per heavy atom. The fraction of sp³-hybridized carbons (Fsp3) is 0.389. The van der Waals surface area contributed by atoms with E-state index in [1.165, 1.54) is 105 Å². The number of aryl methyl sites for hydroxylation is 2. The van der Waals surface area contributed by atoms with E-state index in [9.17, 15) is 19.8 Å². The van der Waals surface area contributed by atoms with Crippen molar-refractivity contribution in [3.05, 3.63) is 87.8 Å². The van der Waals surface area contributed by atoms with Gasteiger partial charge in [-0.1, -0.05) is 113 Å². The normalized spacial score (nSPS) is 12.9. The SMILES string of the molecule is CCCCCCCc1ccc(SC2=CC(=O)c3c(O)c(Sc4ccc(CCCCCCC)cc4)cc(O)c3C2=O)cc1. The molecule has 4 rings (SSSR count). The highest BCUT2D eigenvalue weighted by Gasteiger charge is 2.33. The molecule has 0 saturated carbocycles. The van der Waals surface area contributed by atoms with Gasteiger partial charge in [0.2, 0.25) is 5.78 Å². The van der Waals surface area contributed by atoms with E-state index in [1.54, 1.807) is 0 Å². The number of allylic oxidation sites excluding steroid dienone is 2. The summed E-state index contributed by atoms with van der Waals surface area (Å²) in [7, 11) is 0. The Morgan fingerprint density at radius 2 is 1.12 bits per heavy atom. The Bertz CT molecular complexity index is 1390. The number of thioether (sulfide) groups is 1. The molecule has 0 aromatic heterocycles. The fourth-order valence-electron chi connectivity index (χ4n) is 5.21. The number of hydrogen-bond donors (Lipinski definition) is 2. The summed E-state index contributed by atoms with van der Waals surface area (Å²) in [5.41, 5.74) is 2.26. The molecule has 42 heavy (non-hydrogen) atoms. The first-order valence-electron chi connectivity index (χ1n) is 15.3. The average molecular weight is 603 g/mol. The largest absolute Gasteiger partial charge is 0.507 e. The Hall–Kier alpha value is -2.96. The average Bonchev–Trinajstić information content (AvgIpc) is 2.99. The van der Waals surface area contributed by atoms with Crippen LogP contribution >= 0.6 is 23.5 Å². The molecule has 0 bridgehead atoms. The van der Waals surface area contributed by atoms with Crippen LogP contribution in [0.25, 0.3) is 0 Å². The molecule has 0 spiro atoms. The lowest BCUT2D eigenvalue weighted by Gasteiger charge is -2.19. The molecule has 0 radical (unpaired) electrons. The van der Waals surface area contributed by atoms with Crippen LogP contribution in [-0.4, -0.2) is 21.8 Å². The lowest BCUT2D eigenvalue weighted by molar-refractivity contribution is 0.0986. The lowest BCUT2D eigenvalue weighted by Crippen LogP contribution is -2.16. The molecule has 3 aromatic rings. The Labute approximate surface area is 259 Å². The molecule has 0 fully saturated rings. The number of carbonyl (C=O) groups is 2. The van der Waals surface area contributed by atoms with Crippen LogP contribution in [-0.2, 0) is 12.8 Å². The van der Waals surface area contributed by atoms with Crippen molar-refractivity contribution in [2.45, 2.75) is 106 Å². The third-order valence-electron chi connectivity index (χ3n) is 7.64. The molecule has 0 atom stereocenters. The molecule has 0 aliphatic heterocycles. The lowest BCUT2D eigenvalue weighted by atomic mass is 9.93. The van der Waals surface area contributed by atoms with Gasteiger partial charge in [-0.2, -0.15) is 0 Å². The van der Waals surface area contributed by atoms with Gasteiger partial charge >= 0.3 is 0 Å². The maximum absolute atomic E-state index is 13.4. The number of benzene rings is 3. The maximum Gasteiger partial charge on any atom is 0.204 e. The van der Waals surface area contributed by atoms with Crippen LogP contribution in [0.1, 0.15) is 110 Å². The van der Waals surface area contributed by atoms with Gasteiger partial charge in [-0.05, 0) is 67.1 Å². The van der Waals surface area contributed by atoms with Gasteiger partial charge in [-0.3, -0.25) is 9.59 Å². The topological polar surface area (TPSA) is 74.6 Å². The zero-order valence-electron chi connectivity index (χ0n) is 24.8. The summed E-state index contributed by atoms with van der Waals surface area (Å²) in [6, 6.07) is 17.6. The van der Waals surface area contributed by atoms with Gasteiger partial charge in [-0.15, -0.1) is 0 Å². The smallest absolute Gasteiger partial charge is 0.204 e. The van der Waals surface area contributed by atoms with Crippen molar-refractivity contribution in [3.8, 4) is 11.5 Å². The quantitative estimate of drug-likeness (QED) is 0.125. The van der Waals surface area contributed by atoms with Crippen molar-refractivity contribution >= 4 is 35.1 Å². The minimum absolute atomic E-state index is 0.131. The summed E-state index contributed by atoms with van der Waals surface area (Å²) in [5.74, 6) is -1.50. The molecule has 1 aliphatic rings. The predicted molar refractivity (Wildman–Crippen MR) is 174 cm³/mol. The second kappa shape index (κ2) is 16.0. The molecular formula is C36H42O4S2. The van der Waals surface area contributed by atoms with Crippen molar-refractivity contribution < 1.29 is 19.8 Å². The highest BCUT2D eigenvalue weighted by molar-refractivity contribution is 8.04. The van der Waals surface area contributed by atoms with Crippen LogP contribution in [0.4, 0.5) is 0 Å². The second-order valence-corrected chi connectivity index (χ2v) is 13.2. The van der Waals surface area contributed by atoms with E-state index in [0.29, 0.717) is 4.90 Å². The van der Waals surface area contributed by atoms with Crippen molar-refractivity contribution in [3.63, 3.8) is 0 Å². The summed E-state index contributed by atoms with van der Waals surface area (Å²) in [5, 5.41) is 21.9. The zero-order chi connectivity index (χ0) is 29.9. The van der Waals surface area contributed by atoms with Gasteiger partial charge in [0.15, 0.2) is 5.78 Å². The molecule has 2 N–H and O–H groups in total. The van der Waals surface area contributed by atoms with E-state index >= 15 is 0 Å². The van der Waals surface area contributed by atoms with Crippen molar-refractivity contribution in [2.24, 2.45) is 0 Å². The van der Waals surface area contributed by atoms with E-state index in [4.69, 9.17) is 0 Å². The van der Waals surface area contributed by atoms with Crippen LogP contribution in [0.5, 0.6) is 11.5 Å². The zero-order valence-corrected chi connectivity index (χ0v) is 26.4. The summed E-state index contributed by atoms with van der Waals surface area (Å²) >= 11 is 2.47. The van der Waals surface area contributed by atoms with E-state index in [2.05, 4.69) is 38.1 Å². The third kappa shape index (κ3) is 8.54. The van der Waals surface area contributed by atoms with Gasteiger partial charge in [0, 0.05) is 15.9 Å². The van der Waals surface area contributed by atoms with Gasteiger partial charge in [0.05, 0.1) is 20.9 Å². The van der Waals surface area contributed by atoms with Gasteiger partial charge in [0.1, 0.15) is 11.5 Å². The number of unbranched alkanes of at least 4 members (excludes halogenated alkanes) is 8. The standard InChI is InChI=1S/C36H42O4S2/c1-3-5-7-9-11-13-25-15-19-27(20-16-25)41-31-23-29(37)34-33(35(31)39)30(38)24-32(36(34)40)42-28-21-17-26(18-22-28)14-12-10-8-6-4-2/h15-24,37,39H,3-14H2,1-2H3. The first-order valence-corrected chi connectivity index (χ1v) is 17.0. The number of fused-ring (bicyclic) bond motifs is 1. The van der Waals surface area contributed by atoms with Crippen LogP contribution in [0, 0.1) is 0 Å². The van der Waals surface area contributed by atoms with E-state index < -0.39 is 11.6 Å². The Morgan fingerprint density at radius 1 is 0.619 bits per heavy atom. The van der Waals surface area contributed by atoms with Gasteiger partial charge in [-0.25, -0.2) is 0 Å². The molecule has 0 heterocycles. The number of aromatic hydroxyl groups is 2. The van der Waals surface area contributed by atoms with E-state index in [0.717, 1.165) is 29.1 Å². The minimum Gasteiger partial charge on any atom is -0.507 e. The first kappa shape index (κ1) is 32.0. The second-order valence-electron chi connectivity index (χ2n) is 11.0. The van der Waals surface area contributed by atoms with Gasteiger partial charge < -0.3 is 10.2 Å². The van der Waals surface area contributed by atoms with Crippen molar-refractivity contribution in [1.29, 1.82) is 0 Å². The van der Waals surface area contributed by atoms with Crippen LogP contribution in [0.2, 0.25) is 0 Å². The molecule has 6 heteroatoms. The number of hydrogen-bond acceptors (Lipinski definition) is 6. The summed E-state index contributed by atoms with van der Waals surface area (Å²) in [6.45, 7) is 4.43. The number of phenolic OH excluding ortho intramolecular Hbond substituents is 2. The molecule has 0 saturated heterocycles. The molecule has 1 aliphatic carbocycles. The van der Waals surface area contributed by atoms with Crippen molar-refractivity contribution in [1.82, 2.24) is 0 Å². The summed E-state index contributed by atoms with van der Waals surface area (Å²) < 4.78 is 0. The molecular weight excluding hydrogens is 561 g/mol. The van der Waals surface area contributed by atoms with Crippen molar-refractivity contribution in [2.75, 3.05) is 0 Å².